The van der Waals surface area contributed by atoms with Crippen LogP contribution in [0.3, 0.4) is 0 Å². The number of anilines is 1. The monoisotopic (exact) mass is 175 g/mol. The van der Waals surface area contributed by atoms with E-state index in [1.54, 1.807) is 0 Å². The van der Waals surface area contributed by atoms with Crippen molar-refractivity contribution in [1.29, 1.82) is 0 Å². The van der Waals surface area contributed by atoms with Gasteiger partial charge < -0.3 is 5.32 Å². The van der Waals surface area contributed by atoms with Gasteiger partial charge in [0.1, 0.15) is 0 Å². The quantitative estimate of drug-likeness (QED) is 0.735. The Hall–Kier alpha value is -1.57. The molecule has 0 radical (unpaired) electrons. The first kappa shape index (κ1) is 9.52. The Balaban J connectivity index is 2.85. The van der Waals surface area contributed by atoms with Crippen LogP contribution in [-0.4, -0.2) is 5.91 Å². The van der Waals surface area contributed by atoms with Crippen LogP contribution in [0.25, 0.3) is 6.08 Å². The van der Waals surface area contributed by atoms with Gasteiger partial charge in [-0.3, -0.25) is 4.79 Å². The van der Waals surface area contributed by atoms with Gasteiger partial charge in [-0.2, -0.15) is 0 Å². The van der Waals surface area contributed by atoms with Gasteiger partial charge in [-0.15, -0.1) is 0 Å². The first-order valence-electron chi connectivity index (χ1n) is 4.22. The van der Waals surface area contributed by atoms with E-state index in [2.05, 4.69) is 5.32 Å². The number of allylic oxidation sites excluding steroid dienone is 1. The second-order valence-corrected chi connectivity index (χ2v) is 2.81. The Kier molecular flexibility index (Phi) is 3.26. The first-order chi connectivity index (χ1) is 6.22. The van der Waals surface area contributed by atoms with E-state index < -0.39 is 0 Å². The Morgan fingerprint density at radius 1 is 1.46 bits per heavy atom. The van der Waals surface area contributed by atoms with Gasteiger partial charge in [-0.25, -0.2) is 0 Å². The van der Waals surface area contributed by atoms with Crippen LogP contribution in [0.15, 0.2) is 30.3 Å². The van der Waals surface area contributed by atoms with Crippen molar-refractivity contribution in [1.82, 2.24) is 0 Å². The van der Waals surface area contributed by atoms with Crippen molar-refractivity contribution in [3.8, 4) is 0 Å². The molecule has 0 aliphatic rings. The zero-order valence-corrected chi connectivity index (χ0v) is 7.87. The lowest BCUT2D eigenvalue weighted by Crippen LogP contribution is -2.05. The summed E-state index contributed by atoms with van der Waals surface area (Å²) in [6.45, 7) is 3.47. The SMILES string of the molecule is C/C=C/c1cccc(NC(C)=O)c1. The second kappa shape index (κ2) is 4.45. The normalized spacial score (nSPS) is 10.3. The van der Waals surface area contributed by atoms with Crippen LogP contribution >= 0.6 is 0 Å². The van der Waals surface area contributed by atoms with Crippen molar-refractivity contribution >= 4 is 17.7 Å². The highest BCUT2D eigenvalue weighted by atomic mass is 16.1. The fraction of sp³-hybridized carbons (Fsp3) is 0.182. The number of hydrogen-bond acceptors (Lipinski definition) is 1. The molecule has 0 fully saturated rings. The Labute approximate surface area is 78.3 Å². The third kappa shape index (κ3) is 3.11. The number of rotatable bonds is 2. The molecule has 0 aromatic heterocycles. The van der Waals surface area contributed by atoms with E-state index >= 15 is 0 Å². The average Bonchev–Trinajstić information content (AvgIpc) is 2.04. The minimum absolute atomic E-state index is 0.0439. The standard InChI is InChI=1S/C11H13NO/c1-3-5-10-6-4-7-11(8-10)12-9(2)13/h3-8H,1-2H3,(H,12,13)/b5-3+. The van der Waals surface area contributed by atoms with Crippen molar-refractivity contribution < 1.29 is 4.79 Å². The van der Waals surface area contributed by atoms with Crippen molar-refractivity contribution in [2.75, 3.05) is 5.32 Å². The molecule has 2 nitrogen and oxygen atoms in total. The molecule has 0 saturated heterocycles. The molecular formula is C11H13NO. The molecule has 1 N–H and O–H groups in total. The van der Waals surface area contributed by atoms with Gasteiger partial charge in [0, 0.05) is 12.6 Å². The van der Waals surface area contributed by atoms with E-state index in [1.165, 1.54) is 6.92 Å². The Morgan fingerprint density at radius 2 is 2.23 bits per heavy atom. The lowest BCUT2D eigenvalue weighted by molar-refractivity contribution is -0.114. The average molecular weight is 175 g/mol. The van der Waals surface area contributed by atoms with Crippen molar-refractivity contribution in [2.24, 2.45) is 0 Å². The summed E-state index contributed by atoms with van der Waals surface area (Å²) in [4.78, 5) is 10.8. The highest BCUT2D eigenvalue weighted by Crippen LogP contribution is 2.11. The molecule has 1 amide bonds. The third-order valence-corrected chi connectivity index (χ3v) is 1.57. The predicted molar refractivity (Wildman–Crippen MR) is 55.5 cm³/mol. The molecule has 2 heteroatoms. The number of hydrogen-bond donors (Lipinski definition) is 1. The molecule has 0 aliphatic heterocycles. The van der Waals surface area contributed by atoms with Crippen molar-refractivity contribution in [3.05, 3.63) is 35.9 Å². The summed E-state index contributed by atoms with van der Waals surface area (Å²) in [5, 5.41) is 2.73. The summed E-state index contributed by atoms with van der Waals surface area (Å²) in [6, 6.07) is 7.71. The van der Waals surface area contributed by atoms with E-state index in [0.717, 1.165) is 11.3 Å². The minimum atomic E-state index is -0.0439. The predicted octanol–water partition coefficient (Wildman–Crippen LogP) is 2.68. The zero-order chi connectivity index (χ0) is 9.68. The van der Waals surface area contributed by atoms with Crippen LogP contribution in [0, 0.1) is 0 Å². The molecule has 0 saturated carbocycles. The summed E-state index contributed by atoms with van der Waals surface area (Å²) in [5.41, 5.74) is 1.93. The number of carbonyl (C=O) groups excluding carboxylic acids is 1. The molecule has 68 valence electrons. The molecule has 1 aromatic rings. The zero-order valence-electron chi connectivity index (χ0n) is 7.87. The summed E-state index contributed by atoms with van der Waals surface area (Å²) >= 11 is 0. The topological polar surface area (TPSA) is 29.1 Å². The maximum Gasteiger partial charge on any atom is 0.221 e. The molecule has 1 rings (SSSR count). The number of nitrogens with one attached hydrogen (secondary N) is 1. The van der Waals surface area contributed by atoms with E-state index in [4.69, 9.17) is 0 Å². The third-order valence-electron chi connectivity index (χ3n) is 1.57. The van der Waals surface area contributed by atoms with Crippen LogP contribution in [-0.2, 0) is 4.79 Å². The van der Waals surface area contributed by atoms with Crippen molar-refractivity contribution in [3.63, 3.8) is 0 Å². The molecule has 0 spiro atoms. The van der Waals surface area contributed by atoms with Crippen LogP contribution in [0.5, 0.6) is 0 Å². The maximum atomic E-state index is 10.8. The maximum absolute atomic E-state index is 10.8. The van der Waals surface area contributed by atoms with Crippen LogP contribution in [0.2, 0.25) is 0 Å². The largest absolute Gasteiger partial charge is 0.326 e. The molecule has 1 aromatic carbocycles. The Bertz CT molecular complexity index is 329. The van der Waals surface area contributed by atoms with Crippen molar-refractivity contribution in [2.45, 2.75) is 13.8 Å². The number of benzene rings is 1. The van der Waals surface area contributed by atoms with Gasteiger partial charge in [0.2, 0.25) is 5.91 Å². The lowest BCUT2D eigenvalue weighted by Gasteiger charge is -2.01. The van der Waals surface area contributed by atoms with E-state index in [0.29, 0.717) is 0 Å². The second-order valence-electron chi connectivity index (χ2n) is 2.81. The summed E-state index contributed by atoms with van der Waals surface area (Å²) in [7, 11) is 0. The van der Waals surface area contributed by atoms with Gasteiger partial charge in [-0.1, -0.05) is 24.3 Å². The van der Waals surface area contributed by atoms with Crippen LogP contribution in [0.1, 0.15) is 19.4 Å². The molecule has 0 heterocycles. The van der Waals surface area contributed by atoms with Crippen LogP contribution in [0.4, 0.5) is 5.69 Å². The fourth-order valence-corrected chi connectivity index (χ4v) is 1.12. The highest BCUT2D eigenvalue weighted by Gasteiger charge is 1.94. The van der Waals surface area contributed by atoms with Gasteiger partial charge >= 0.3 is 0 Å². The van der Waals surface area contributed by atoms with Gasteiger partial charge in [-0.05, 0) is 24.6 Å². The first-order valence-corrected chi connectivity index (χ1v) is 4.22. The van der Waals surface area contributed by atoms with E-state index in [9.17, 15) is 4.79 Å². The minimum Gasteiger partial charge on any atom is -0.326 e. The smallest absolute Gasteiger partial charge is 0.221 e. The van der Waals surface area contributed by atoms with Crippen LogP contribution < -0.4 is 5.32 Å². The fourth-order valence-electron chi connectivity index (χ4n) is 1.12. The molecule has 0 atom stereocenters. The number of carbonyl (C=O) groups is 1. The molecule has 0 aliphatic carbocycles. The Morgan fingerprint density at radius 3 is 2.85 bits per heavy atom. The van der Waals surface area contributed by atoms with Gasteiger partial charge in [0.15, 0.2) is 0 Å². The highest BCUT2D eigenvalue weighted by molar-refractivity contribution is 5.88. The molecule has 0 unspecified atom stereocenters. The van der Waals surface area contributed by atoms with Gasteiger partial charge in [0.25, 0.3) is 0 Å². The van der Waals surface area contributed by atoms with E-state index in [-0.39, 0.29) is 5.91 Å². The van der Waals surface area contributed by atoms with E-state index in [1.807, 2.05) is 43.3 Å². The number of amides is 1. The molecule has 0 bridgehead atoms. The summed E-state index contributed by atoms with van der Waals surface area (Å²) in [6.07, 6.45) is 3.96. The summed E-state index contributed by atoms with van der Waals surface area (Å²) in [5.74, 6) is -0.0439. The molecule has 13 heavy (non-hydrogen) atoms. The summed E-state index contributed by atoms with van der Waals surface area (Å²) < 4.78 is 0. The molecular weight excluding hydrogens is 162 g/mol. The van der Waals surface area contributed by atoms with Gasteiger partial charge in [0.05, 0.1) is 0 Å². The lowest BCUT2D eigenvalue weighted by atomic mass is 10.2.